The van der Waals surface area contributed by atoms with Crippen LogP contribution in [0.15, 0.2) is 28.8 Å². The third kappa shape index (κ3) is 3.32. The molecule has 2 aromatic rings. The molecule has 0 spiro atoms. The molecule has 2 rings (SSSR count). The molecule has 0 saturated heterocycles. The van der Waals surface area contributed by atoms with Crippen molar-refractivity contribution < 1.29 is 9.32 Å². The second-order valence-corrected chi connectivity index (χ2v) is 5.30. The Morgan fingerprint density at radius 3 is 2.52 bits per heavy atom. The van der Waals surface area contributed by atoms with Gasteiger partial charge in [0.25, 0.3) is 5.91 Å². The molecule has 1 amide bonds. The third-order valence-electron chi connectivity index (χ3n) is 3.85. The van der Waals surface area contributed by atoms with E-state index in [4.69, 9.17) is 4.52 Å². The number of aromatic nitrogens is 1. The van der Waals surface area contributed by atoms with Gasteiger partial charge in [-0.15, -0.1) is 0 Å². The Kier molecular flexibility index (Phi) is 4.78. The predicted molar refractivity (Wildman–Crippen MR) is 83.7 cm³/mol. The lowest BCUT2D eigenvalue weighted by Crippen LogP contribution is -2.14. The Bertz CT molecular complexity index is 614. The summed E-state index contributed by atoms with van der Waals surface area (Å²) >= 11 is 0. The maximum atomic E-state index is 12.3. The molecule has 112 valence electrons. The molecule has 0 saturated carbocycles. The normalized spacial score (nSPS) is 12.2. The molecule has 1 N–H and O–H groups in total. The van der Waals surface area contributed by atoms with Gasteiger partial charge in [-0.2, -0.15) is 0 Å². The summed E-state index contributed by atoms with van der Waals surface area (Å²) < 4.78 is 5.10. The molecule has 4 nitrogen and oxygen atoms in total. The molecule has 0 radical (unpaired) electrons. The van der Waals surface area contributed by atoms with Crippen molar-refractivity contribution in [2.24, 2.45) is 0 Å². The summed E-state index contributed by atoms with van der Waals surface area (Å²) in [6, 6.07) is 8.00. The number of carbonyl (C=O) groups is 1. The van der Waals surface area contributed by atoms with E-state index in [1.165, 1.54) is 5.56 Å². The summed E-state index contributed by atoms with van der Waals surface area (Å²) in [5.74, 6) is 0.921. The summed E-state index contributed by atoms with van der Waals surface area (Å²) in [5.41, 5.74) is 3.31. The molecule has 1 unspecified atom stereocenters. The molecule has 21 heavy (non-hydrogen) atoms. The predicted octanol–water partition coefficient (Wildman–Crippen LogP) is 4.31. The lowest BCUT2D eigenvalue weighted by Gasteiger charge is -2.10. The molecule has 4 heteroatoms. The number of benzene rings is 1. The van der Waals surface area contributed by atoms with Crippen LogP contribution in [-0.2, 0) is 6.42 Å². The van der Waals surface area contributed by atoms with Gasteiger partial charge in [-0.1, -0.05) is 38.1 Å². The van der Waals surface area contributed by atoms with E-state index in [0.29, 0.717) is 29.4 Å². The van der Waals surface area contributed by atoms with E-state index in [1.54, 1.807) is 6.92 Å². The van der Waals surface area contributed by atoms with Gasteiger partial charge in [0, 0.05) is 5.69 Å². The highest BCUT2D eigenvalue weighted by Gasteiger charge is 2.19. The molecule has 0 aliphatic heterocycles. The van der Waals surface area contributed by atoms with Crippen molar-refractivity contribution in [2.75, 3.05) is 5.32 Å². The Balaban J connectivity index is 2.14. The minimum absolute atomic E-state index is 0.165. The van der Waals surface area contributed by atoms with Gasteiger partial charge >= 0.3 is 0 Å². The van der Waals surface area contributed by atoms with Crippen LogP contribution in [0.1, 0.15) is 60.5 Å². The third-order valence-corrected chi connectivity index (χ3v) is 3.85. The lowest BCUT2D eigenvalue weighted by molar-refractivity contribution is 0.102. The number of rotatable bonds is 5. The first-order chi connectivity index (χ1) is 10.1. The SMILES string of the molecule is CCc1noc(C)c1C(=O)Nc1ccc(C(C)CC)cc1. The number of hydrogen-bond acceptors (Lipinski definition) is 3. The Hall–Kier alpha value is -2.10. The van der Waals surface area contributed by atoms with Crippen molar-refractivity contribution in [1.29, 1.82) is 0 Å². The van der Waals surface area contributed by atoms with Crippen molar-refractivity contribution in [2.45, 2.75) is 46.5 Å². The van der Waals surface area contributed by atoms with Crippen LogP contribution in [-0.4, -0.2) is 11.1 Å². The van der Waals surface area contributed by atoms with E-state index in [-0.39, 0.29) is 5.91 Å². The number of nitrogens with one attached hydrogen (secondary N) is 1. The second kappa shape index (κ2) is 6.57. The fourth-order valence-electron chi connectivity index (χ4n) is 2.27. The van der Waals surface area contributed by atoms with E-state index in [2.05, 4.69) is 36.5 Å². The van der Waals surface area contributed by atoms with Crippen LogP contribution in [0.2, 0.25) is 0 Å². The zero-order valence-electron chi connectivity index (χ0n) is 13.1. The van der Waals surface area contributed by atoms with Crippen LogP contribution in [0.5, 0.6) is 0 Å². The smallest absolute Gasteiger partial charge is 0.261 e. The molecule has 1 aromatic carbocycles. The molecule has 0 bridgehead atoms. The highest BCUT2D eigenvalue weighted by Crippen LogP contribution is 2.21. The highest BCUT2D eigenvalue weighted by molar-refractivity contribution is 6.05. The molecule has 0 aliphatic carbocycles. The number of nitrogens with zero attached hydrogens (tertiary/aromatic N) is 1. The van der Waals surface area contributed by atoms with E-state index in [0.717, 1.165) is 12.1 Å². The summed E-state index contributed by atoms with van der Waals surface area (Å²) in [7, 11) is 0. The zero-order chi connectivity index (χ0) is 15.4. The average molecular weight is 286 g/mol. The topological polar surface area (TPSA) is 55.1 Å². The van der Waals surface area contributed by atoms with Crippen LogP contribution in [0.4, 0.5) is 5.69 Å². The van der Waals surface area contributed by atoms with E-state index >= 15 is 0 Å². The van der Waals surface area contributed by atoms with Gasteiger partial charge in [-0.05, 0) is 43.4 Å². The molecule has 0 aliphatic rings. The second-order valence-electron chi connectivity index (χ2n) is 5.30. The van der Waals surface area contributed by atoms with Gasteiger partial charge in [0.05, 0.1) is 5.69 Å². The van der Waals surface area contributed by atoms with Crippen molar-refractivity contribution >= 4 is 11.6 Å². The maximum absolute atomic E-state index is 12.3. The van der Waals surface area contributed by atoms with Crippen molar-refractivity contribution in [1.82, 2.24) is 5.16 Å². The molecule has 1 atom stereocenters. The summed E-state index contributed by atoms with van der Waals surface area (Å²) in [5, 5.41) is 6.81. The van der Waals surface area contributed by atoms with Crippen LogP contribution < -0.4 is 5.32 Å². The van der Waals surface area contributed by atoms with Gasteiger partial charge in [-0.25, -0.2) is 0 Å². The lowest BCUT2D eigenvalue weighted by atomic mass is 9.98. The minimum atomic E-state index is -0.165. The Morgan fingerprint density at radius 1 is 1.29 bits per heavy atom. The fraction of sp³-hybridized carbons (Fsp3) is 0.412. The van der Waals surface area contributed by atoms with E-state index in [1.807, 2.05) is 19.1 Å². The number of hydrogen-bond donors (Lipinski definition) is 1. The number of amides is 1. The highest BCUT2D eigenvalue weighted by atomic mass is 16.5. The zero-order valence-corrected chi connectivity index (χ0v) is 13.1. The van der Waals surface area contributed by atoms with Gasteiger partial charge in [0.2, 0.25) is 0 Å². The van der Waals surface area contributed by atoms with Crippen LogP contribution in [0, 0.1) is 6.92 Å². The fourth-order valence-corrected chi connectivity index (χ4v) is 2.27. The van der Waals surface area contributed by atoms with Crippen LogP contribution >= 0.6 is 0 Å². The summed E-state index contributed by atoms with van der Waals surface area (Å²) in [6.07, 6.45) is 1.78. The van der Waals surface area contributed by atoms with E-state index in [9.17, 15) is 4.79 Å². The number of anilines is 1. The van der Waals surface area contributed by atoms with Crippen LogP contribution in [0.3, 0.4) is 0 Å². The number of aryl methyl sites for hydroxylation is 2. The maximum Gasteiger partial charge on any atom is 0.261 e. The van der Waals surface area contributed by atoms with Crippen molar-refractivity contribution in [3.63, 3.8) is 0 Å². The van der Waals surface area contributed by atoms with Gasteiger partial charge in [-0.3, -0.25) is 4.79 Å². The van der Waals surface area contributed by atoms with Crippen molar-refractivity contribution in [3.05, 3.63) is 46.8 Å². The quantitative estimate of drug-likeness (QED) is 0.891. The molecular formula is C17H22N2O2. The minimum Gasteiger partial charge on any atom is -0.361 e. The molecule has 1 aromatic heterocycles. The largest absolute Gasteiger partial charge is 0.361 e. The van der Waals surface area contributed by atoms with Gasteiger partial charge in [0.15, 0.2) is 0 Å². The van der Waals surface area contributed by atoms with Gasteiger partial charge < -0.3 is 9.84 Å². The van der Waals surface area contributed by atoms with Crippen LogP contribution in [0.25, 0.3) is 0 Å². The monoisotopic (exact) mass is 286 g/mol. The summed E-state index contributed by atoms with van der Waals surface area (Å²) in [6.45, 7) is 8.07. The first-order valence-corrected chi connectivity index (χ1v) is 7.43. The first-order valence-electron chi connectivity index (χ1n) is 7.43. The number of carbonyl (C=O) groups excluding carboxylic acids is 1. The Labute approximate surface area is 125 Å². The standard InChI is InChI=1S/C17H22N2O2/c1-5-11(3)13-7-9-14(10-8-13)18-17(20)16-12(4)21-19-15(16)6-2/h7-11H,5-6H2,1-4H3,(H,18,20). The molecule has 1 heterocycles. The first kappa shape index (κ1) is 15.3. The van der Waals surface area contributed by atoms with Crippen molar-refractivity contribution in [3.8, 4) is 0 Å². The molecule has 0 fully saturated rings. The molecular weight excluding hydrogens is 264 g/mol. The van der Waals surface area contributed by atoms with Gasteiger partial charge in [0.1, 0.15) is 11.3 Å². The Morgan fingerprint density at radius 2 is 1.95 bits per heavy atom. The average Bonchev–Trinajstić information content (AvgIpc) is 2.88. The summed E-state index contributed by atoms with van der Waals surface area (Å²) in [4.78, 5) is 12.3. The van der Waals surface area contributed by atoms with E-state index < -0.39 is 0 Å².